The second kappa shape index (κ2) is 4.99. The van der Waals surface area contributed by atoms with Crippen LogP contribution in [0.5, 0.6) is 0 Å². The van der Waals surface area contributed by atoms with Crippen LogP contribution >= 0.6 is 43.2 Å². The second-order valence-corrected chi connectivity index (χ2v) is 6.82. The number of ketones is 1. The summed E-state index contributed by atoms with van der Waals surface area (Å²) in [5.41, 5.74) is 0.462. The molecule has 0 aliphatic rings. The smallest absolute Gasteiger partial charge is 0.352 e. The van der Waals surface area contributed by atoms with Gasteiger partial charge in [0.15, 0.2) is 0 Å². The standard InChI is InChI=1S/C11H7Br2NO3S/c1-14-4-5(2-7(14)11(16)17)9(15)8-3-6(12)10(13)18-8/h2-4H,1H3,(H,16,17). The van der Waals surface area contributed by atoms with Gasteiger partial charge in [0.25, 0.3) is 0 Å². The summed E-state index contributed by atoms with van der Waals surface area (Å²) in [5, 5.41) is 8.94. The van der Waals surface area contributed by atoms with Crippen LogP contribution < -0.4 is 0 Å². The van der Waals surface area contributed by atoms with Gasteiger partial charge >= 0.3 is 5.97 Å². The van der Waals surface area contributed by atoms with Crippen LogP contribution in [0.1, 0.15) is 25.7 Å². The highest BCUT2D eigenvalue weighted by Crippen LogP contribution is 2.33. The summed E-state index contributed by atoms with van der Waals surface area (Å²) in [6.07, 6.45) is 1.52. The number of rotatable bonds is 3. The van der Waals surface area contributed by atoms with Gasteiger partial charge in [-0.3, -0.25) is 4.79 Å². The normalized spacial score (nSPS) is 10.6. The van der Waals surface area contributed by atoms with Crippen molar-refractivity contribution in [3.8, 4) is 0 Å². The molecule has 0 saturated carbocycles. The summed E-state index contributed by atoms with van der Waals surface area (Å²) >= 11 is 7.94. The summed E-state index contributed by atoms with van der Waals surface area (Å²) in [6, 6.07) is 3.09. The third kappa shape index (κ3) is 2.43. The molecule has 94 valence electrons. The molecule has 0 bridgehead atoms. The molecule has 18 heavy (non-hydrogen) atoms. The molecule has 0 aromatic carbocycles. The zero-order chi connectivity index (χ0) is 13.4. The van der Waals surface area contributed by atoms with Gasteiger partial charge < -0.3 is 9.67 Å². The van der Waals surface area contributed by atoms with E-state index in [0.29, 0.717) is 10.4 Å². The molecule has 2 rings (SSSR count). The van der Waals surface area contributed by atoms with Gasteiger partial charge in [0.1, 0.15) is 5.69 Å². The van der Waals surface area contributed by atoms with Crippen LogP contribution in [0, 0.1) is 0 Å². The van der Waals surface area contributed by atoms with Gasteiger partial charge in [-0.05, 0) is 44.0 Å². The molecule has 2 aromatic heterocycles. The summed E-state index contributed by atoms with van der Waals surface area (Å²) in [5.74, 6) is -1.24. The van der Waals surface area contributed by atoms with Gasteiger partial charge in [-0.15, -0.1) is 11.3 Å². The molecule has 0 aliphatic heterocycles. The van der Waals surface area contributed by atoms with Gasteiger partial charge in [-0.2, -0.15) is 0 Å². The second-order valence-electron chi connectivity index (χ2n) is 3.59. The first-order valence-corrected chi connectivity index (χ1v) is 7.19. The summed E-state index contributed by atoms with van der Waals surface area (Å²) in [7, 11) is 1.60. The molecule has 2 aromatic rings. The Balaban J connectivity index is 2.40. The Labute approximate surface area is 123 Å². The van der Waals surface area contributed by atoms with E-state index in [0.717, 1.165) is 8.26 Å². The highest BCUT2D eigenvalue weighted by molar-refractivity contribution is 9.13. The van der Waals surface area contributed by atoms with E-state index in [2.05, 4.69) is 31.9 Å². The van der Waals surface area contributed by atoms with Crippen LogP contribution in [0.3, 0.4) is 0 Å². The zero-order valence-corrected chi connectivity index (χ0v) is 13.1. The van der Waals surface area contributed by atoms with Gasteiger partial charge in [0, 0.05) is 23.3 Å². The Morgan fingerprint density at radius 2 is 2.00 bits per heavy atom. The molecule has 0 radical (unpaired) electrons. The van der Waals surface area contributed by atoms with Crippen molar-refractivity contribution < 1.29 is 14.7 Å². The zero-order valence-electron chi connectivity index (χ0n) is 9.11. The predicted octanol–water partition coefficient (Wildman–Crippen LogP) is 3.54. The molecular weight excluding hydrogens is 386 g/mol. The van der Waals surface area contributed by atoms with E-state index in [-0.39, 0.29) is 11.5 Å². The number of halogens is 2. The van der Waals surface area contributed by atoms with Crippen molar-refractivity contribution in [3.63, 3.8) is 0 Å². The van der Waals surface area contributed by atoms with Gasteiger partial charge in [-0.25, -0.2) is 4.79 Å². The number of carbonyl (C=O) groups is 2. The minimum atomic E-state index is -1.05. The predicted molar refractivity (Wildman–Crippen MR) is 75.5 cm³/mol. The fourth-order valence-electron chi connectivity index (χ4n) is 1.50. The number of carboxylic acid groups (broad SMARTS) is 1. The number of hydrogen-bond acceptors (Lipinski definition) is 3. The number of carboxylic acids is 1. The van der Waals surface area contributed by atoms with Gasteiger partial charge in [-0.1, -0.05) is 0 Å². The Kier molecular flexibility index (Phi) is 3.74. The maximum absolute atomic E-state index is 12.2. The van der Waals surface area contributed by atoms with Crippen LogP contribution in [0.15, 0.2) is 26.6 Å². The van der Waals surface area contributed by atoms with Crippen LogP contribution in [-0.2, 0) is 7.05 Å². The number of thiophene rings is 1. The lowest BCUT2D eigenvalue weighted by Crippen LogP contribution is -2.02. The third-order valence-corrected chi connectivity index (χ3v) is 5.61. The first-order valence-electron chi connectivity index (χ1n) is 4.79. The fraction of sp³-hybridized carbons (Fsp3) is 0.0909. The van der Waals surface area contributed by atoms with Crippen molar-refractivity contribution in [1.29, 1.82) is 0 Å². The van der Waals surface area contributed by atoms with Crippen LogP contribution in [-0.4, -0.2) is 21.4 Å². The largest absolute Gasteiger partial charge is 0.477 e. The van der Waals surface area contributed by atoms with Gasteiger partial charge in [0.2, 0.25) is 5.78 Å². The molecule has 2 heterocycles. The Bertz CT molecular complexity index is 625. The highest BCUT2D eigenvalue weighted by atomic mass is 79.9. The van der Waals surface area contributed by atoms with Crippen molar-refractivity contribution in [3.05, 3.63) is 42.7 Å². The van der Waals surface area contributed by atoms with Crippen molar-refractivity contribution in [2.24, 2.45) is 7.05 Å². The third-order valence-electron chi connectivity index (χ3n) is 2.36. The average molecular weight is 393 g/mol. The molecule has 0 spiro atoms. The van der Waals surface area contributed by atoms with Crippen molar-refractivity contribution in [1.82, 2.24) is 4.57 Å². The quantitative estimate of drug-likeness (QED) is 0.812. The van der Waals surface area contributed by atoms with Crippen molar-refractivity contribution in [2.45, 2.75) is 0 Å². The lowest BCUT2D eigenvalue weighted by Gasteiger charge is -1.93. The molecule has 1 N–H and O–H groups in total. The Hall–Kier alpha value is -0.920. The lowest BCUT2D eigenvalue weighted by molar-refractivity contribution is 0.0686. The van der Waals surface area contributed by atoms with Crippen LogP contribution in [0.2, 0.25) is 0 Å². The summed E-state index contributed by atoms with van der Waals surface area (Å²) < 4.78 is 3.07. The fourth-order valence-corrected chi connectivity index (χ4v) is 3.50. The molecule has 0 aliphatic carbocycles. The molecule has 0 saturated heterocycles. The lowest BCUT2D eigenvalue weighted by atomic mass is 10.2. The maximum atomic E-state index is 12.2. The van der Waals surface area contributed by atoms with E-state index in [9.17, 15) is 9.59 Å². The molecule has 4 nitrogen and oxygen atoms in total. The monoisotopic (exact) mass is 391 g/mol. The number of carbonyl (C=O) groups excluding carboxylic acids is 1. The van der Waals surface area contributed by atoms with E-state index in [1.807, 2.05) is 0 Å². The number of hydrogen-bond donors (Lipinski definition) is 1. The van der Waals surface area contributed by atoms with E-state index in [1.54, 1.807) is 13.1 Å². The SMILES string of the molecule is Cn1cc(C(=O)c2cc(Br)c(Br)s2)cc1C(=O)O. The van der Waals surface area contributed by atoms with Crippen molar-refractivity contribution >= 4 is 54.9 Å². The molecular formula is C11H7Br2NO3S. The summed E-state index contributed by atoms with van der Waals surface area (Å²) in [6.45, 7) is 0. The minimum Gasteiger partial charge on any atom is -0.477 e. The number of nitrogens with zero attached hydrogens (tertiary/aromatic N) is 1. The maximum Gasteiger partial charge on any atom is 0.352 e. The number of aryl methyl sites for hydroxylation is 1. The molecule has 0 amide bonds. The topological polar surface area (TPSA) is 59.3 Å². The van der Waals surface area contributed by atoms with E-state index < -0.39 is 5.97 Å². The first-order chi connectivity index (χ1) is 8.40. The Morgan fingerprint density at radius 1 is 1.33 bits per heavy atom. The van der Waals surface area contributed by atoms with Gasteiger partial charge in [0.05, 0.1) is 8.66 Å². The molecule has 0 atom stereocenters. The van der Waals surface area contributed by atoms with E-state index >= 15 is 0 Å². The Morgan fingerprint density at radius 3 is 2.44 bits per heavy atom. The number of aromatic nitrogens is 1. The molecule has 7 heteroatoms. The number of aromatic carboxylic acids is 1. The van der Waals surface area contributed by atoms with E-state index in [4.69, 9.17) is 5.11 Å². The average Bonchev–Trinajstić information content (AvgIpc) is 2.82. The van der Waals surface area contributed by atoms with Crippen molar-refractivity contribution in [2.75, 3.05) is 0 Å². The minimum absolute atomic E-state index is 0.0908. The van der Waals surface area contributed by atoms with Crippen LogP contribution in [0.4, 0.5) is 0 Å². The molecule has 0 unspecified atom stereocenters. The highest BCUT2D eigenvalue weighted by Gasteiger charge is 2.18. The van der Waals surface area contributed by atoms with Crippen LogP contribution in [0.25, 0.3) is 0 Å². The first kappa shape index (κ1) is 13.5. The molecule has 0 fully saturated rings. The summed E-state index contributed by atoms with van der Waals surface area (Å²) in [4.78, 5) is 23.6. The van der Waals surface area contributed by atoms with E-state index in [1.165, 1.54) is 28.2 Å².